The first-order chi connectivity index (χ1) is 7.36. The molecule has 7 heteroatoms. The van der Waals surface area contributed by atoms with Crippen molar-refractivity contribution in [2.75, 3.05) is 6.54 Å². The van der Waals surface area contributed by atoms with Crippen LogP contribution in [0.1, 0.15) is 32.1 Å². The minimum absolute atomic E-state index is 0.345. The minimum atomic E-state index is -5.19. The average molecular weight is 241 g/mol. The molecule has 0 unspecified atom stereocenters. The van der Waals surface area contributed by atoms with Crippen LogP contribution in [0.4, 0.5) is 13.2 Å². The Morgan fingerprint density at radius 1 is 1.25 bits per heavy atom. The summed E-state index contributed by atoms with van der Waals surface area (Å²) in [5.74, 6) is -3.01. The van der Waals surface area contributed by atoms with Crippen molar-refractivity contribution in [3.05, 3.63) is 0 Å². The van der Waals surface area contributed by atoms with Crippen molar-refractivity contribution in [2.45, 2.75) is 43.9 Å². The summed E-state index contributed by atoms with van der Waals surface area (Å²) in [6, 6.07) is 0. The number of hydrogen-bond donors (Lipinski definition) is 1. The van der Waals surface area contributed by atoms with Gasteiger partial charge in [0.15, 0.2) is 5.60 Å². The number of carbonyl (C=O) groups is 1. The molecule has 0 radical (unpaired) electrons. The molecule has 0 bridgehead atoms. The number of alkyl halides is 3. The molecule has 0 aromatic heterocycles. The Bertz CT molecular complexity index is 243. The van der Waals surface area contributed by atoms with Crippen LogP contribution in [-0.2, 0) is 9.63 Å². The van der Waals surface area contributed by atoms with E-state index in [4.69, 9.17) is 14.7 Å². The molecule has 2 aliphatic rings. The van der Waals surface area contributed by atoms with E-state index in [0.29, 0.717) is 5.60 Å². The van der Waals surface area contributed by atoms with E-state index in [1.165, 1.54) is 38.6 Å². The second-order valence-corrected chi connectivity index (χ2v) is 4.02. The highest BCUT2D eigenvalue weighted by Gasteiger charge is 2.44. The maximum Gasteiger partial charge on any atom is 0.430 e. The Labute approximate surface area is 90.7 Å². The fourth-order valence-corrected chi connectivity index (χ4v) is 1.84. The summed E-state index contributed by atoms with van der Waals surface area (Å²) < 4.78 is 31.5. The van der Waals surface area contributed by atoms with Crippen molar-refractivity contribution in [1.29, 1.82) is 0 Å². The monoisotopic (exact) mass is 241 g/mol. The lowest BCUT2D eigenvalue weighted by Crippen LogP contribution is -3.00. The fourth-order valence-electron chi connectivity index (χ4n) is 1.84. The van der Waals surface area contributed by atoms with E-state index >= 15 is 0 Å². The van der Waals surface area contributed by atoms with Crippen molar-refractivity contribution < 1.29 is 33.4 Å². The molecule has 0 atom stereocenters. The molecule has 1 saturated heterocycles. The van der Waals surface area contributed by atoms with Gasteiger partial charge in [-0.1, -0.05) is 19.3 Å². The van der Waals surface area contributed by atoms with Gasteiger partial charge in [-0.2, -0.15) is 23.5 Å². The Kier molecular flexibility index (Phi) is 4.15. The molecule has 1 spiro atoms. The highest BCUT2D eigenvalue weighted by molar-refractivity contribution is 5.70. The molecule has 2 N–H and O–H groups in total. The van der Waals surface area contributed by atoms with Crippen LogP contribution >= 0.6 is 0 Å². The SMILES string of the molecule is C1CCC2(CC1)C[NH2+]O2.O=C([O-])C(F)(F)F. The Morgan fingerprint density at radius 2 is 1.69 bits per heavy atom. The second-order valence-electron chi connectivity index (χ2n) is 4.02. The normalized spacial score (nSPS) is 22.9. The van der Waals surface area contributed by atoms with Gasteiger partial charge >= 0.3 is 6.18 Å². The van der Waals surface area contributed by atoms with Crippen LogP contribution in [0.25, 0.3) is 0 Å². The molecule has 1 aliphatic heterocycles. The average Bonchev–Trinajstić information content (AvgIpc) is 2.16. The fraction of sp³-hybridized carbons (Fsp3) is 0.889. The summed E-state index contributed by atoms with van der Waals surface area (Å²) in [6.07, 6.45) is 1.61. The summed E-state index contributed by atoms with van der Waals surface area (Å²) in [5.41, 5.74) is 2.30. The molecule has 0 aromatic carbocycles. The van der Waals surface area contributed by atoms with E-state index < -0.39 is 12.1 Å². The highest BCUT2D eigenvalue weighted by Crippen LogP contribution is 2.31. The first kappa shape index (κ1) is 13.2. The van der Waals surface area contributed by atoms with Crippen molar-refractivity contribution >= 4 is 5.97 Å². The molecule has 0 amide bonds. The molecule has 2 rings (SSSR count). The number of halogens is 3. The number of carboxylic acid groups (broad SMARTS) is 1. The number of quaternary nitrogens is 1. The van der Waals surface area contributed by atoms with Gasteiger partial charge in [0.1, 0.15) is 12.5 Å². The summed E-state index contributed by atoms with van der Waals surface area (Å²) in [5, 5.41) is 8.78. The van der Waals surface area contributed by atoms with E-state index in [1.54, 1.807) is 0 Å². The van der Waals surface area contributed by atoms with Crippen LogP contribution in [0.3, 0.4) is 0 Å². The van der Waals surface area contributed by atoms with Gasteiger partial charge in [-0.15, -0.1) is 0 Å². The summed E-state index contributed by atoms with van der Waals surface area (Å²) in [4.78, 5) is 14.2. The molecule has 1 heterocycles. The van der Waals surface area contributed by atoms with Crippen LogP contribution in [0, 0.1) is 0 Å². The van der Waals surface area contributed by atoms with Crippen LogP contribution < -0.4 is 10.6 Å². The van der Waals surface area contributed by atoms with Gasteiger partial charge in [-0.05, 0) is 12.8 Å². The third-order valence-corrected chi connectivity index (χ3v) is 2.78. The predicted molar refractivity (Wildman–Crippen MR) is 44.8 cm³/mol. The smallest absolute Gasteiger partial charge is 0.430 e. The lowest BCUT2D eigenvalue weighted by Gasteiger charge is -2.39. The third-order valence-electron chi connectivity index (χ3n) is 2.78. The van der Waals surface area contributed by atoms with Crippen molar-refractivity contribution in [3.63, 3.8) is 0 Å². The molecule has 2 fully saturated rings. The Morgan fingerprint density at radius 3 is 1.88 bits per heavy atom. The number of hydroxylamine groups is 1. The number of hydrogen-bond acceptors (Lipinski definition) is 3. The van der Waals surface area contributed by atoms with Crippen LogP contribution in [0.15, 0.2) is 0 Å². The molecule has 4 nitrogen and oxygen atoms in total. The van der Waals surface area contributed by atoms with Crippen LogP contribution in [0.5, 0.6) is 0 Å². The minimum Gasteiger partial charge on any atom is -0.542 e. The topological polar surface area (TPSA) is 66.0 Å². The maximum atomic E-state index is 10.5. The van der Waals surface area contributed by atoms with Crippen molar-refractivity contribution in [3.8, 4) is 0 Å². The Balaban J connectivity index is 0.000000168. The molecular formula is C9H14F3NO3. The van der Waals surface area contributed by atoms with E-state index in [0.717, 1.165) is 0 Å². The first-order valence-electron chi connectivity index (χ1n) is 5.13. The lowest BCUT2D eigenvalue weighted by atomic mass is 9.84. The second kappa shape index (κ2) is 5.01. The van der Waals surface area contributed by atoms with E-state index in [-0.39, 0.29) is 0 Å². The van der Waals surface area contributed by atoms with Gasteiger partial charge < -0.3 is 9.90 Å². The number of rotatable bonds is 0. The molecular weight excluding hydrogens is 227 g/mol. The third kappa shape index (κ3) is 3.64. The Hall–Kier alpha value is -0.820. The maximum absolute atomic E-state index is 10.5. The zero-order valence-corrected chi connectivity index (χ0v) is 8.68. The zero-order valence-electron chi connectivity index (χ0n) is 8.68. The van der Waals surface area contributed by atoms with E-state index in [9.17, 15) is 13.2 Å². The summed E-state index contributed by atoms with van der Waals surface area (Å²) in [6.45, 7) is 1.22. The molecule has 1 saturated carbocycles. The molecule has 0 aromatic rings. The van der Waals surface area contributed by atoms with Gasteiger partial charge in [0.25, 0.3) is 0 Å². The van der Waals surface area contributed by atoms with E-state index in [1.807, 2.05) is 5.48 Å². The van der Waals surface area contributed by atoms with Gasteiger partial charge in [0.2, 0.25) is 0 Å². The summed E-state index contributed by atoms with van der Waals surface area (Å²) in [7, 11) is 0. The molecule has 1 aliphatic carbocycles. The van der Waals surface area contributed by atoms with Gasteiger partial charge in [-0.25, -0.2) is 0 Å². The molecule has 16 heavy (non-hydrogen) atoms. The standard InChI is InChI=1S/C7H13NO.C2HF3O2/c1-2-4-7(5-3-1)6-8-9-7;3-2(4,5)1(6)7/h8H,1-6H2;(H,6,7). The first-order valence-corrected chi connectivity index (χ1v) is 5.13. The van der Waals surface area contributed by atoms with Crippen LogP contribution in [0.2, 0.25) is 0 Å². The number of carboxylic acids is 1. The van der Waals surface area contributed by atoms with Crippen molar-refractivity contribution in [2.24, 2.45) is 0 Å². The number of nitrogens with two attached hydrogens (primary N) is 1. The highest BCUT2D eigenvalue weighted by atomic mass is 19.4. The lowest BCUT2D eigenvalue weighted by molar-refractivity contribution is -0.989. The largest absolute Gasteiger partial charge is 0.542 e. The molecule has 94 valence electrons. The van der Waals surface area contributed by atoms with Crippen molar-refractivity contribution in [1.82, 2.24) is 0 Å². The van der Waals surface area contributed by atoms with Gasteiger partial charge in [0.05, 0.1) is 0 Å². The predicted octanol–water partition coefficient (Wildman–Crippen LogP) is -0.504. The van der Waals surface area contributed by atoms with Gasteiger partial charge in [-0.3, -0.25) is 0 Å². The zero-order chi connectivity index (χ0) is 12.2. The quantitative estimate of drug-likeness (QED) is 0.621. The van der Waals surface area contributed by atoms with Crippen LogP contribution in [-0.4, -0.2) is 24.3 Å². The van der Waals surface area contributed by atoms with E-state index in [2.05, 4.69) is 0 Å². The number of carbonyl (C=O) groups excluding carboxylic acids is 1. The number of aliphatic carboxylic acids is 1. The van der Waals surface area contributed by atoms with Gasteiger partial charge in [0, 0.05) is 0 Å². The summed E-state index contributed by atoms with van der Waals surface area (Å²) >= 11 is 0.